The molecule has 7 nitrogen and oxygen atoms in total. The molecular formula is C13H21N5O2. The smallest absolute Gasteiger partial charge is 0.334 e. The highest BCUT2D eigenvalue weighted by atomic mass is 16.6. The lowest BCUT2D eigenvalue weighted by Gasteiger charge is -2.23. The Bertz CT molecular complexity index is 533. The lowest BCUT2D eigenvalue weighted by Crippen LogP contribution is -2.30. The van der Waals surface area contributed by atoms with Crippen molar-refractivity contribution in [3.8, 4) is 0 Å². The number of rotatable bonds is 3. The van der Waals surface area contributed by atoms with Crippen molar-refractivity contribution in [1.82, 2.24) is 15.1 Å². The van der Waals surface area contributed by atoms with E-state index in [0.717, 1.165) is 39.0 Å². The highest BCUT2D eigenvalue weighted by molar-refractivity contribution is 5.62. The molecule has 110 valence electrons. The fraction of sp³-hybridized carbons (Fsp3) is 0.769. The predicted octanol–water partition coefficient (Wildman–Crippen LogP) is 1.08. The van der Waals surface area contributed by atoms with Crippen LogP contribution in [0.25, 0.3) is 0 Å². The third-order valence-electron chi connectivity index (χ3n) is 4.65. The Labute approximate surface area is 118 Å². The molecule has 2 aliphatic heterocycles. The summed E-state index contributed by atoms with van der Waals surface area (Å²) in [6.45, 7) is 5.76. The normalized spacial score (nSPS) is 25.8. The van der Waals surface area contributed by atoms with Gasteiger partial charge in [0.25, 0.3) is 0 Å². The summed E-state index contributed by atoms with van der Waals surface area (Å²) in [6, 6.07) is 0. The summed E-state index contributed by atoms with van der Waals surface area (Å²) < 4.78 is 1.68. The number of aryl methyl sites for hydroxylation is 2. The first-order chi connectivity index (χ1) is 9.56. The van der Waals surface area contributed by atoms with Gasteiger partial charge in [-0.25, -0.2) is 4.68 Å². The van der Waals surface area contributed by atoms with E-state index >= 15 is 0 Å². The van der Waals surface area contributed by atoms with Gasteiger partial charge >= 0.3 is 5.69 Å². The van der Waals surface area contributed by atoms with E-state index in [-0.39, 0.29) is 10.6 Å². The molecule has 1 unspecified atom stereocenters. The molecule has 1 aromatic rings. The molecule has 1 N–H and O–H groups in total. The van der Waals surface area contributed by atoms with Crippen LogP contribution in [0.4, 0.5) is 11.5 Å². The van der Waals surface area contributed by atoms with Crippen LogP contribution in [0.1, 0.15) is 25.5 Å². The van der Waals surface area contributed by atoms with Gasteiger partial charge in [0.1, 0.15) is 5.69 Å². The van der Waals surface area contributed by atoms with Crippen molar-refractivity contribution in [3.05, 3.63) is 15.8 Å². The van der Waals surface area contributed by atoms with Crippen LogP contribution in [0, 0.1) is 15.5 Å². The molecule has 1 spiro atoms. The number of nitro groups is 1. The Hall–Kier alpha value is -1.63. The number of nitrogens with zero attached hydrogens (tertiary/aromatic N) is 4. The van der Waals surface area contributed by atoms with E-state index in [4.69, 9.17) is 0 Å². The quantitative estimate of drug-likeness (QED) is 0.662. The molecule has 0 saturated carbocycles. The third kappa shape index (κ3) is 1.96. The molecule has 1 atom stereocenters. The second-order valence-electron chi connectivity index (χ2n) is 5.95. The molecule has 2 fully saturated rings. The molecule has 0 aromatic carbocycles. The minimum Gasteiger partial charge on any atom is -0.350 e. The largest absolute Gasteiger partial charge is 0.350 e. The molecule has 2 aliphatic rings. The van der Waals surface area contributed by atoms with Crippen molar-refractivity contribution in [2.75, 3.05) is 31.1 Å². The van der Waals surface area contributed by atoms with Gasteiger partial charge in [-0.05, 0) is 25.8 Å². The molecule has 1 aromatic heterocycles. The van der Waals surface area contributed by atoms with Crippen LogP contribution in [-0.4, -0.2) is 40.9 Å². The van der Waals surface area contributed by atoms with Gasteiger partial charge in [0, 0.05) is 32.1 Å². The van der Waals surface area contributed by atoms with E-state index in [1.807, 2.05) is 6.92 Å². The average molecular weight is 279 g/mol. The number of nitrogens with one attached hydrogen (secondary N) is 1. The lowest BCUT2D eigenvalue weighted by molar-refractivity contribution is -0.384. The van der Waals surface area contributed by atoms with E-state index in [9.17, 15) is 10.1 Å². The average Bonchev–Trinajstić information content (AvgIpc) is 3.10. The first-order valence-corrected chi connectivity index (χ1v) is 7.22. The molecule has 0 bridgehead atoms. The summed E-state index contributed by atoms with van der Waals surface area (Å²) in [4.78, 5) is 13.3. The zero-order chi connectivity index (χ0) is 14.3. The molecule has 0 radical (unpaired) electrons. The molecular weight excluding hydrogens is 258 g/mol. The number of aromatic nitrogens is 2. The standard InChI is InChI=1S/C13H21N5O2/c1-3-10-11(18(19)20)12(16(2)15-10)17-7-5-13(9-17)4-6-14-8-13/h14H,3-9H2,1-2H3. The Morgan fingerprint density at radius 3 is 2.90 bits per heavy atom. The number of hydrogen-bond donors (Lipinski definition) is 1. The monoisotopic (exact) mass is 279 g/mol. The third-order valence-corrected chi connectivity index (χ3v) is 4.65. The Balaban J connectivity index is 1.94. The maximum absolute atomic E-state index is 11.4. The van der Waals surface area contributed by atoms with Gasteiger partial charge in [0.05, 0.1) is 4.92 Å². The predicted molar refractivity (Wildman–Crippen MR) is 76.0 cm³/mol. The van der Waals surface area contributed by atoms with E-state index in [0.29, 0.717) is 23.3 Å². The minimum atomic E-state index is -0.279. The summed E-state index contributed by atoms with van der Waals surface area (Å²) in [7, 11) is 1.80. The molecule has 2 saturated heterocycles. The van der Waals surface area contributed by atoms with Crippen LogP contribution >= 0.6 is 0 Å². The van der Waals surface area contributed by atoms with Gasteiger partial charge in [-0.3, -0.25) is 10.1 Å². The summed E-state index contributed by atoms with van der Waals surface area (Å²) in [6.07, 6.45) is 2.85. The fourth-order valence-corrected chi connectivity index (χ4v) is 3.60. The molecule has 3 heterocycles. The van der Waals surface area contributed by atoms with Gasteiger partial charge in [-0.2, -0.15) is 5.10 Å². The summed E-state index contributed by atoms with van der Waals surface area (Å²) in [5.41, 5.74) is 1.07. The maximum Gasteiger partial charge on any atom is 0.334 e. The van der Waals surface area contributed by atoms with E-state index in [1.165, 1.54) is 0 Å². The van der Waals surface area contributed by atoms with Gasteiger partial charge in [0.15, 0.2) is 0 Å². The van der Waals surface area contributed by atoms with E-state index in [2.05, 4.69) is 15.3 Å². The van der Waals surface area contributed by atoms with Crippen molar-refractivity contribution in [3.63, 3.8) is 0 Å². The van der Waals surface area contributed by atoms with E-state index in [1.54, 1.807) is 11.7 Å². The molecule has 0 amide bonds. The van der Waals surface area contributed by atoms with E-state index < -0.39 is 0 Å². The van der Waals surface area contributed by atoms with Crippen molar-refractivity contribution in [1.29, 1.82) is 0 Å². The number of hydrogen-bond acceptors (Lipinski definition) is 5. The molecule has 3 rings (SSSR count). The topological polar surface area (TPSA) is 76.2 Å². The SMILES string of the molecule is CCc1nn(C)c(N2CCC3(CCNC3)C2)c1[N+](=O)[O-]. The van der Waals surface area contributed by atoms with Crippen molar-refractivity contribution in [2.24, 2.45) is 12.5 Å². The first-order valence-electron chi connectivity index (χ1n) is 7.22. The zero-order valence-electron chi connectivity index (χ0n) is 12.1. The highest BCUT2D eigenvalue weighted by Gasteiger charge is 2.43. The van der Waals surface area contributed by atoms with Crippen molar-refractivity contribution >= 4 is 11.5 Å². The van der Waals surface area contributed by atoms with Crippen molar-refractivity contribution in [2.45, 2.75) is 26.2 Å². The molecule has 7 heteroatoms. The van der Waals surface area contributed by atoms with Crippen LogP contribution in [0.15, 0.2) is 0 Å². The Kier molecular flexibility index (Phi) is 3.16. The molecule has 20 heavy (non-hydrogen) atoms. The fourth-order valence-electron chi connectivity index (χ4n) is 3.60. The van der Waals surface area contributed by atoms with Gasteiger partial charge in [-0.1, -0.05) is 6.92 Å². The zero-order valence-corrected chi connectivity index (χ0v) is 12.1. The van der Waals surface area contributed by atoms with Crippen LogP contribution in [0.3, 0.4) is 0 Å². The van der Waals surface area contributed by atoms with Crippen LogP contribution < -0.4 is 10.2 Å². The van der Waals surface area contributed by atoms with Gasteiger partial charge < -0.3 is 10.2 Å². The highest BCUT2D eigenvalue weighted by Crippen LogP contribution is 2.41. The van der Waals surface area contributed by atoms with Crippen molar-refractivity contribution < 1.29 is 4.92 Å². The van der Waals surface area contributed by atoms with Crippen LogP contribution in [0.5, 0.6) is 0 Å². The Morgan fingerprint density at radius 1 is 1.50 bits per heavy atom. The van der Waals surface area contributed by atoms with Crippen LogP contribution in [-0.2, 0) is 13.5 Å². The summed E-state index contributed by atoms with van der Waals surface area (Å²) >= 11 is 0. The number of anilines is 1. The van der Waals surface area contributed by atoms with Crippen LogP contribution in [0.2, 0.25) is 0 Å². The molecule has 0 aliphatic carbocycles. The summed E-state index contributed by atoms with van der Waals surface area (Å²) in [5.74, 6) is 0.677. The summed E-state index contributed by atoms with van der Waals surface area (Å²) in [5, 5.41) is 19.1. The maximum atomic E-state index is 11.4. The Morgan fingerprint density at radius 2 is 2.30 bits per heavy atom. The first kappa shape index (κ1) is 13.4. The van der Waals surface area contributed by atoms with Gasteiger partial charge in [-0.15, -0.1) is 0 Å². The lowest BCUT2D eigenvalue weighted by atomic mass is 9.87. The second-order valence-corrected chi connectivity index (χ2v) is 5.95. The minimum absolute atomic E-state index is 0.193. The second kappa shape index (κ2) is 4.73. The van der Waals surface area contributed by atoms with Gasteiger partial charge in [0.2, 0.25) is 5.82 Å².